The van der Waals surface area contributed by atoms with E-state index in [1.54, 1.807) is 6.07 Å². The van der Waals surface area contributed by atoms with Crippen LogP contribution in [0.25, 0.3) is 0 Å². The normalized spacial score (nSPS) is 19.6. The van der Waals surface area contributed by atoms with E-state index in [1.807, 2.05) is 14.0 Å². The minimum absolute atomic E-state index is 0.0756. The Bertz CT molecular complexity index is 444. The maximum Gasteiger partial charge on any atom is 0.127 e. The van der Waals surface area contributed by atoms with Crippen molar-refractivity contribution in [1.82, 2.24) is 5.32 Å². The van der Waals surface area contributed by atoms with Crippen molar-refractivity contribution in [2.75, 3.05) is 13.7 Å². The fourth-order valence-electron chi connectivity index (χ4n) is 2.71. The van der Waals surface area contributed by atoms with E-state index in [2.05, 4.69) is 5.32 Å². The molecule has 0 spiro atoms. The molecule has 1 aromatic rings. The van der Waals surface area contributed by atoms with Crippen LogP contribution in [0.5, 0.6) is 5.75 Å². The molecule has 0 aromatic heterocycles. The molecule has 112 valence electrons. The smallest absolute Gasteiger partial charge is 0.127 e. The van der Waals surface area contributed by atoms with E-state index >= 15 is 0 Å². The van der Waals surface area contributed by atoms with Crippen molar-refractivity contribution in [2.24, 2.45) is 0 Å². The van der Waals surface area contributed by atoms with E-state index < -0.39 is 5.60 Å². The second-order valence-corrected chi connectivity index (χ2v) is 5.77. The first-order chi connectivity index (χ1) is 9.54. The van der Waals surface area contributed by atoms with Gasteiger partial charge in [0.05, 0.1) is 5.60 Å². The highest BCUT2D eigenvalue weighted by molar-refractivity contribution is 5.36. The average molecular weight is 281 g/mol. The van der Waals surface area contributed by atoms with Gasteiger partial charge in [0.25, 0.3) is 0 Å². The van der Waals surface area contributed by atoms with E-state index in [4.69, 9.17) is 4.74 Å². The van der Waals surface area contributed by atoms with Crippen molar-refractivity contribution in [3.8, 4) is 5.75 Å². The molecule has 1 aliphatic carbocycles. The van der Waals surface area contributed by atoms with Crippen LogP contribution in [0.3, 0.4) is 0 Å². The molecule has 0 amide bonds. The Morgan fingerprint density at radius 2 is 2.05 bits per heavy atom. The second-order valence-electron chi connectivity index (χ2n) is 5.77. The van der Waals surface area contributed by atoms with Crippen LogP contribution in [0, 0.1) is 5.82 Å². The molecule has 0 bridgehead atoms. The monoisotopic (exact) mass is 281 g/mol. The van der Waals surface area contributed by atoms with Gasteiger partial charge in [0.15, 0.2) is 0 Å². The highest BCUT2D eigenvalue weighted by Crippen LogP contribution is 2.31. The summed E-state index contributed by atoms with van der Waals surface area (Å²) in [7, 11) is 1.85. The zero-order chi connectivity index (χ0) is 14.6. The lowest BCUT2D eigenvalue weighted by Gasteiger charge is -2.32. The van der Waals surface area contributed by atoms with Crippen LogP contribution in [0.4, 0.5) is 4.39 Å². The number of hydrogen-bond acceptors (Lipinski definition) is 3. The quantitative estimate of drug-likeness (QED) is 0.871. The molecule has 1 saturated carbocycles. The number of ether oxygens (including phenoxy) is 1. The van der Waals surface area contributed by atoms with Gasteiger partial charge in [0, 0.05) is 17.7 Å². The van der Waals surface area contributed by atoms with Gasteiger partial charge in [-0.25, -0.2) is 4.39 Å². The summed E-state index contributed by atoms with van der Waals surface area (Å²) in [6.07, 6.45) is 4.76. The fourth-order valence-corrected chi connectivity index (χ4v) is 2.71. The van der Waals surface area contributed by atoms with E-state index in [9.17, 15) is 9.50 Å². The van der Waals surface area contributed by atoms with Gasteiger partial charge in [0.2, 0.25) is 0 Å². The highest BCUT2D eigenvalue weighted by atomic mass is 19.1. The van der Waals surface area contributed by atoms with Crippen LogP contribution in [0.15, 0.2) is 18.2 Å². The topological polar surface area (TPSA) is 41.5 Å². The number of benzene rings is 1. The van der Waals surface area contributed by atoms with Crippen molar-refractivity contribution in [3.05, 3.63) is 29.6 Å². The minimum atomic E-state index is -0.759. The summed E-state index contributed by atoms with van der Waals surface area (Å²) in [6, 6.07) is 4.64. The van der Waals surface area contributed by atoms with Gasteiger partial charge in [-0.1, -0.05) is 25.3 Å². The molecule has 3 nitrogen and oxygen atoms in total. The van der Waals surface area contributed by atoms with Gasteiger partial charge >= 0.3 is 0 Å². The number of nitrogens with one attached hydrogen (secondary N) is 1. The van der Waals surface area contributed by atoms with Crippen LogP contribution in [0.1, 0.15) is 50.6 Å². The highest BCUT2D eigenvalue weighted by Gasteiger charge is 2.30. The molecule has 2 rings (SSSR count). The van der Waals surface area contributed by atoms with Gasteiger partial charge in [-0.05, 0) is 32.9 Å². The first-order valence-corrected chi connectivity index (χ1v) is 7.36. The number of rotatable bonds is 5. The fraction of sp³-hybridized carbons (Fsp3) is 0.625. The summed E-state index contributed by atoms with van der Waals surface area (Å²) in [5.74, 6) is 0.202. The molecular formula is C16H24FNO2. The maximum atomic E-state index is 13.4. The van der Waals surface area contributed by atoms with Gasteiger partial charge in [-0.2, -0.15) is 0 Å². The summed E-state index contributed by atoms with van der Waals surface area (Å²) >= 11 is 0. The second kappa shape index (κ2) is 6.55. The third-order valence-electron chi connectivity index (χ3n) is 4.16. The van der Waals surface area contributed by atoms with Gasteiger partial charge in [-0.3, -0.25) is 0 Å². The predicted octanol–water partition coefficient (Wildman–Crippen LogP) is 3.18. The molecule has 2 N–H and O–H groups in total. The first kappa shape index (κ1) is 15.3. The summed E-state index contributed by atoms with van der Waals surface area (Å²) in [6.45, 7) is 2.23. The van der Waals surface area contributed by atoms with Crippen LogP contribution >= 0.6 is 0 Å². The molecule has 1 aromatic carbocycles. The van der Waals surface area contributed by atoms with Crippen LogP contribution in [-0.2, 0) is 0 Å². The van der Waals surface area contributed by atoms with Crippen molar-refractivity contribution in [3.63, 3.8) is 0 Å². The summed E-state index contributed by atoms with van der Waals surface area (Å²) in [5, 5.41) is 13.6. The molecule has 0 saturated heterocycles. The molecule has 1 unspecified atom stereocenters. The molecule has 1 aliphatic rings. The first-order valence-electron chi connectivity index (χ1n) is 7.36. The lowest BCUT2D eigenvalue weighted by atomic mass is 9.85. The van der Waals surface area contributed by atoms with Crippen LogP contribution in [0.2, 0.25) is 0 Å². The Morgan fingerprint density at radius 3 is 2.70 bits per heavy atom. The van der Waals surface area contributed by atoms with E-state index in [0.717, 1.165) is 31.2 Å². The lowest BCUT2D eigenvalue weighted by molar-refractivity contribution is -0.0342. The summed E-state index contributed by atoms with van der Waals surface area (Å²) in [4.78, 5) is 0. The molecule has 1 atom stereocenters. The number of hydrogen-bond donors (Lipinski definition) is 2. The zero-order valence-electron chi connectivity index (χ0n) is 12.3. The van der Waals surface area contributed by atoms with Gasteiger partial charge < -0.3 is 15.2 Å². The van der Waals surface area contributed by atoms with Crippen molar-refractivity contribution < 1.29 is 14.2 Å². The predicted molar refractivity (Wildman–Crippen MR) is 77.4 cm³/mol. The van der Waals surface area contributed by atoms with Gasteiger partial charge in [0.1, 0.15) is 18.2 Å². The third kappa shape index (κ3) is 3.70. The van der Waals surface area contributed by atoms with Crippen LogP contribution < -0.4 is 10.1 Å². The van der Waals surface area contributed by atoms with Crippen molar-refractivity contribution >= 4 is 0 Å². The van der Waals surface area contributed by atoms with E-state index in [0.29, 0.717) is 5.75 Å². The van der Waals surface area contributed by atoms with Crippen molar-refractivity contribution in [1.29, 1.82) is 0 Å². The Labute approximate surface area is 120 Å². The summed E-state index contributed by atoms with van der Waals surface area (Å²) in [5.41, 5.74) is 0.151. The SMILES string of the molecule is CNC(C)c1ccc(F)cc1OCC1(O)CCCCC1. The number of halogens is 1. The van der Waals surface area contributed by atoms with Crippen molar-refractivity contribution in [2.45, 2.75) is 50.7 Å². The molecule has 20 heavy (non-hydrogen) atoms. The molecule has 4 heteroatoms. The molecule has 1 fully saturated rings. The lowest BCUT2D eigenvalue weighted by Crippen LogP contribution is -2.38. The average Bonchev–Trinajstić information content (AvgIpc) is 2.45. The largest absolute Gasteiger partial charge is 0.490 e. The third-order valence-corrected chi connectivity index (χ3v) is 4.16. The van der Waals surface area contributed by atoms with E-state index in [1.165, 1.54) is 18.6 Å². The van der Waals surface area contributed by atoms with Gasteiger partial charge in [-0.15, -0.1) is 0 Å². The molecular weight excluding hydrogens is 257 g/mol. The maximum absolute atomic E-state index is 13.4. The minimum Gasteiger partial charge on any atom is -0.490 e. The zero-order valence-corrected chi connectivity index (χ0v) is 12.3. The standard InChI is InChI=1S/C16H24FNO2/c1-12(18-2)14-7-6-13(17)10-15(14)20-11-16(19)8-4-3-5-9-16/h6-7,10,12,18-19H,3-5,8-9,11H2,1-2H3. The summed E-state index contributed by atoms with van der Waals surface area (Å²) < 4.78 is 19.2. The number of aliphatic hydroxyl groups is 1. The molecule has 0 heterocycles. The van der Waals surface area contributed by atoms with Crippen LogP contribution in [-0.4, -0.2) is 24.4 Å². The molecule has 0 radical (unpaired) electrons. The Hall–Kier alpha value is -1.13. The van der Waals surface area contributed by atoms with E-state index in [-0.39, 0.29) is 18.5 Å². The Morgan fingerprint density at radius 1 is 1.35 bits per heavy atom. The molecule has 0 aliphatic heterocycles. The Balaban J connectivity index is 2.09. The Kier molecular flexibility index (Phi) is 5.00.